The number of anilines is 1. The number of imide groups is 1. The molecule has 3 amide bonds. The molecule has 2 aromatic carbocycles. The minimum Gasteiger partial charge on any atom is -0.497 e. The average Bonchev–Trinajstić information content (AvgIpc) is 3.63. The van der Waals surface area contributed by atoms with Crippen molar-refractivity contribution in [1.82, 2.24) is 4.90 Å². The highest BCUT2D eigenvalue weighted by atomic mass is 16.5. The second kappa shape index (κ2) is 7.72. The molecule has 1 saturated heterocycles. The minimum atomic E-state index is -0.864. The molecule has 2 bridgehead atoms. The van der Waals surface area contributed by atoms with E-state index in [1.54, 1.807) is 38.3 Å². The van der Waals surface area contributed by atoms with Gasteiger partial charge in [-0.1, -0.05) is 12.2 Å². The fraction of sp³-hybridized carbons (Fsp3) is 0.370. The highest BCUT2D eigenvalue weighted by Gasteiger charge is 2.67. The second-order valence-electron chi connectivity index (χ2n) is 9.67. The Bertz CT molecular complexity index is 1150. The van der Waals surface area contributed by atoms with E-state index < -0.39 is 6.04 Å². The molecular weight excluding hydrogens is 432 g/mol. The zero-order valence-electron chi connectivity index (χ0n) is 19.0. The maximum atomic E-state index is 13.2. The Hall–Kier alpha value is -3.61. The Labute approximate surface area is 197 Å². The zero-order chi connectivity index (χ0) is 23.6. The first-order chi connectivity index (χ1) is 16.5. The smallest absolute Gasteiger partial charge is 0.247 e. The van der Waals surface area contributed by atoms with Crippen LogP contribution in [0.3, 0.4) is 0 Å². The Kier molecular flexibility index (Phi) is 4.76. The van der Waals surface area contributed by atoms with Gasteiger partial charge in [0, 0.05) is 5.69 Å². The summed E-state index contributed by atoms with van der Waals surface area (Å²) in [4.78, 5) is 40.6. The van der Waals surface area contributed by atoms with E-state index in [0.29, 0.717) is 29.0 Å². The number of allylic oxidation sites excluding steroid dienone is 2. The number of ether oxygens (including phenoxy) is 2. The number of amides is 3. The third-order valence-electron chi connectivity index (χ3n) is 7.88. The van der Waals surface area contributed by atoms with E-state index in [0.717, 1.165) is 12.2 Å². The molecule has 1 N–H and O–H groups in total. The largest absolute Gasteiger partial charge is 0.497 e. The van der Waals surface area contributed by atoms with E-state index in [1.165, 1.54) is 4.90 Å². The van der Waals surface area contributed by atoms with Crippen LogP contribution in [0.25, 0.3) is 0 Å². The third kappa shape index (κ3) is 3.22. The van der Waals surface area contributed by atoms with Gasteiger partial charge in [0.25, 0.3) is 0 Å². The van der Waals surface area contributed by atoms with Crippen molar-refractivity contribution in [1.29, 1.82) is 0 Å². The summed E-state index contributed by atoms with van der Waals surface area (Å²) in [5, 5.41) is 2.83. The Morgan fingerprint density at radius 3 is 1.91 bits per heavy atom. The standard InChI is InChI=1S/C27H26N2O5/c1-14(29-26(31)23-19-11-12-20(22-13-21(19)22)24(23)27(29)32)25(30)28-15-3-5-17(6-4-15)34-18-9-7-16(33-2)8-10-18/h3-12,14,19-24H,13H2,1-2H3,(H,28,30)/t14-,19+,20+,21+,22+,23-,24-/m0/s1. The number of hydrogen-bond donors (Lipinski definition) is 1. The fourth-order valence-electron chi connectivity index (χ4n) is 6.11. The zero-order valence-corrected chi connectivity index (χ0v) is 19.0. The Morgan fingerprint density at radius 1 is 0.882 bits per heavy atom. The highest BCUT2D eigenvalue weighted by molar-refractivity contribution is 6.10. The highest BCUT2D eigenvalue weighted by Crippen LogP contribution is 2.65. The van der Waals surface area contributed by atoms with Gasteiger partial charge in [-0.25, -0.2) is 0 Å². The van der Waals surface area contributed by atoms with Crippen LogP contribution in [0, 0.1) is 35.5 Å². The van der Waals surface area contributed by atoms with Gasteiger partial charge in [0.2, 0.25) is 17.7 Å². The summed E-state index contributed by atoms with van der Waals surface area (Å²) in [6.07, 6.45) is 5.38. The van der Waals surface area contributed by atoms with Crippen molar-refractivity contribution in [2.45, 2.75) is 19.4 Å². The molecule has 2 aromatic rings. The summed E-state index contributed by atoms with van der Waals surface area (Å²) in [5.41, 5.74) is 0.568. The van der Waals surface area contributed by atoms with Crippen LogP contribution in [-0.4, -0.2) is 35.8 Å². The first-order valence-corrected chi connectivity index (χ1v) is 11.7. The summed E-state index contributed by atoms with van der Waals surface area (Å²) < 4.78 is 11.0. The van der Waals surface area contributed by atoms with Gasteiger partial charge in [-0.2, -0.15) is 0 Å². The molecule has 5 aliphatic rings. The molecule has 0 unspecified atom stereocenters. The van der Waals surface area contributed by atoms with Crippen LogP contribution < -0.4 is 14.8 Å². The first kappa shape index (κ1) is 21.0. The maximum Gasteiger partial charge on any atom is 0.247 e. The van der Waals surface area contributed by atoms with E-state index in [2.05, 4.69) is 17.5 Å². The molecule has 34 heavy (non-hydrogen) atoms. The Morgan fingerprint density at radius 2 is 1.38 bits per heavy atom. The fourth-order valence-corrected chi connectivity index (χ4v) is 6.11. The quantitative estimate of drug-likeness (QED) is 0.525. The number of benzene rings is 2. The van der Waals surface area contributed by atoms with Crippen molar-refractivity contribution in [3.8, 4) is 17.2 Å². The van der Waals surface area contributed by atoms with Gasteiger partial charge in [0.05, 0.1) is 18.9 Å². The summed E-state index contributed by atoms with van der Waals surface area (Å²) in [7, 11) is 1.61. The van der Waals surface area contributed by atoms with Crippen molar-refractivity contribution in [2.75, 3.05) is 12.4 Å². The average molecular weight is 459 g/mol. The lowest BCUT2D eigenvalue weighted by molar-refractivity contribution is -0.146. The molecule has 7 nitrogen and oxygen atoms in total. The number of hydrogen-bond acceptors (Lipinski definition) is 5. The molecule has 3 fully saturated rings. The predicted molar refractivity (Wildman–Crippen MR) is 124 cm³/mol. The number of rotatable bonds is 6. The molecule has 7 heteroatoms. The van der Waals surface area contributed by atoms with Crippen LogP contribution in [0.15, 0.2) is 60.7 Å². The number of methoxy groups -OCH3 is 1. The van der Waals surface area contributed by atoms with Gasteiger partial charge >= 0.3 is 0 Å². The van der Waals surface area contributed by atoms with Crippen LogP contribution in [-0.2, 0) is 14.4 Å². The van der Waals surface area contributed by atoms with Crippen LogP contribution >= 0.6 is 0 Å². The van der Waals surface area contributed by atoms with Crippen LogP contribution in [0.1, 0.15) is 13.3 Å². The molecule has 2 saturated carbocycles. The van der Waals surface area contributed by atoms with Gasteiger partial charge in [-0.3, -0.25) is 19.3 Å². The molecule has 1 heterocycles. The van der Waals surface area contributed by atoms with Crippen LogP contribution in [0.2, 0.25) is 0 Å². The lowest BCUT2D eigenvalue weighted by Crippen LogP contribution is -2.46. The number of carbonyl (C=O) groups is 3. The molecule has 0 aromatic heterocycles. The van der Waals surface area contributed by atoms with E-state index in [9.17, 15) is 14.4 Å². The topological polar surface area (TPSA) is 84.9 Å². The van der Waals surface area contributed by atoms with Gasteiger partial charge in [-0.15, -0.1) is 0 Å². The molecule has 7 rings (SSSR count). The van der Waals surface area contributed by atoms with E-state index in [-0.39, 0.29) is 41.4 Å². The summed E-state index contributed by atoms with van der Waals surface area (Å²) >= 11 is 0. The van der Waals surface area contributed by atoms with E-state index in [1.807, 2.05) is 24.3 Å². The monoisotopic (exact) mass is 458 g/mol. The van der Waals surface area contributed by atoms with Crippen molar-refractivity contribution in [3.63, 3.8) is 0 Å². The van der Waals surface area contributed by atoms with Crippen molar-refractivity contribution in [3.05, 3.63) is 60.7 Å². The van der Waals surface area contributed by atoms with Crippen LogP contribution in [0.5, 0.6) is 17.2 Å². The summed E-state index contributed by atoms with van der Waals surface area (Å²) in [5.74, 6) is 2.05. The van der Waals surface area contributed by atoms with Crippen molar-refractivity contribution < 1.29 is 23.9 Å². The molecule has 7 atom stereocenters. The lowest BCUT2D eigenvalue weighted by Gasteiger charge is -2.37. The minimum absolute atomic E-state index is 0.148. The summed E-state index contributed by atoms with van der Waals surface area (Å²) in [6.45, 7) is 1.62. The normalized spacial score (nSPS) is 31.1. The first-order valence-electron chi connectivity index (χ1n) is 11.7. The number of nitrogens with zero attached hydrogens (tertiary/aromatic N) is 1. The predicted octanol–water partition coefficient (Wildman–Crippen LogP) is 3.87. The molecular formula is C27H26N2O5. The molecule has 174 valence electrons. The summed E-state index contributed by atoms with van der Waals surface area (Å²) in [6, 6.07) is 13.3. The lowest BCUT2D eigenvalue weighted by atomic mass is 9.63. The second-order valence-corrected chi connectivity index (χ2v) is 9.67. The number of carbonyl (C=O) groups excluding carboxylic acids is 3. The van der Waals surface area contributed by atoms with Crippen LogP contribution in [0.4, 0.5) is 5.69 Å². The maximum absolute atomic E-state index is 13.2. The van der Waals surface area contributed by atoms with Crippen molar-refractivity contribution >= 4 is 23.4 Å². The molecule has 0 radical (unpaired) electrons. The number of nitrogens with one attached hydrogen (secondary N) is 1. The SMILES string of the molecule is COc1ccc(Oc2ccc(NC(=O)[C@H](C)N3C(=O)[C@H]4[C@@H]5C=C[C@H]([C@H]6C[C@H]56)[C@@H]4C3=O)cc2)cc1. The molecule has 4 aliphatic carbocycles. The number of likely N-dealkylation sites (tertiary alicyclic amines) is 1. The Balaban J connectivity index is 1.11. The van der Waals surface area contributed by atoms with Gasteiger partial charge in [-0.05, 0) is 85.5 Å². The third-order valence-corrected chi connectivity index (χ3v) is 7.88. The van der Waals surface area contributed by atoms with Crippen molar-refractivity contribution in [2.24, 2.45) is 35.5 Å². The van der Waals surface area contributed by atoms with Gasteiger partial charge in [0.15, 0.2) is 0 Å². The van der Waals surface area contributed by atoms with Gasteiger partial charge < -0.3 is 14.8 Å². The molecule has 0 spiro atoms. The molecule has 1 aliphatic heterocycles. The van der Waals surface area contributed by atoms with E-state index in [4.69, 9.17) is 9.47 Å². The van der Waals surface area contributed by atoms with Gasteiger partial charge in [0.1, 0.15) is 23.3 Å². The van der Waals surface area contributed by atoms with E-state index >= 15 is 0 Å².